The fraction of sp³-hybridized carbons (Fsp3) is 0.500. The van der Waals surface area contributed by atoms with E-state index in [0.717, 1.165) is 12.0 Å². The number of rotatable bonds is 5. The topological polar surface area (TPSA) is 72.2 Å². The van der Waals surface area contributed by atoms with Crippen LogP contribution in [0.2, 0.25) is 0 Å². The average Bonchev–Trinajstić information content (AvgIpc) is 2.36. The lowest BCUT2D eigenvalue weighted by atomic mass is 10.2. The molecule has 106 valence electrons. The summed E-state index contributed by atoms with van der Waals surface area (Å²) in [7, 11) is -1.36. The minimum absolute atomic E-state index is 0.0967. The van der Waals surface area contributed by atoms with Gasteiger partial charge < -0.3 is 11.1 Å². The summed E-state index contributed by atoms with van der Waals surface area (Å²) in [5.74, 6) is -0.177. The Hall–Kier alpha value is -1.36. The molecule has 3 N–H and O–H groups in total. The van der Waals surface area contributed by atoms with E-state index in [1.54, 1.807) is 25.1 Å². The molecule has 0 aliphatic rings. The maximum absolute atomic E-state index is 12.4. The summed E-state index contributed by atoms with van der Waals surface area (Å²) in [5.41, 5.74) is 7.15. The van der Waals surface area contributed by atoms with Crippen LogP contribution in [0.5, 0.6) is 0 Å². The van der Waals surface area contributed by atoms with Crippen LogP contribution in [0.4, 0.5) is 5.69 Å². The zero-order valence-corrected chi connectivity index (χ0v) is 12.7. The lowest BCUT2D eigenvalue weighted by Crippen LogP contribution is -2.40. The van der Waals surface area contributed by atoms with Crippen molar-refractivity contribution in [3.63, 3.8) is 0 Å². The van der Waals surface area contributed by atoms with E-state index in [2.05, 4.69) is 5.32 Å². The van der Waals surface area contributed by atoms with Gasteiger partial charge in [0.05, 0.1) is 10.8 Å². The van der Waals surface area contributed by atoms with Gasteiger partial charge in [0.15, 0.2) is 0 Å². The third kappa shape index (κ3) is 4.06. The van der Waals surface area contributed by atoms with E-state index < -0.39 is 16.0 Å². The molecular weight excluding hydrogens is 260 g/mol. The van der Waals surface area contributed by atoms with Crippen molar-refractivity contribution in [2.24, 2.45) is 0 Å². The third-order valence-electron chi connectivity index (χ3n) is 3.11. The maximum Gasteiger partial charge on any atom is 0.236 e. The van der Waals surface area contributed by atoms with Crippen LogP contribution in [0.25, 0.3) is 0 Å². The fourth-order valence-corrected chi connectivity index (χ4v) is 2.87. The fourth-order valence-electron chi connectivity index (χ4n) is 1.65. The van der Waals surface area contributed by atoms with Gasteiger partial charge in [-0.05, 0) is 51.0 Å². The number of carbonyl (C=O) groups is 1. The van der Waals surface area contributed by atoms with Crippen LogP contribution in [0.3, 0.4) is 0 Å². The molecule has 1 aromatic rings. The van der Waals surface area contributed by atoms with E-state index in [9.17, 15) is 9.00 Å². The Morgan fingerprint density at radius 1 is 1.42 bits per heavy atom. The van der Waals surface area contributed by atoms with Gasteiger partial charge in [-0.1, -0.05) is 6.92 Å². The summed E-state index contributed by atoms with van der Waals surface area (Å²) in [6, 6.07) is 5.30. The molecule has 1 rings (SSSR count). The predicted octanol–water partition coefficient (Wildman–Crippen LogP) is 1.99. The van der Waals surface area contributed by atoms with Gasteiger partial charge in [-0.2, -0.15) is 0 Å². The summed E-state index contributed by atoms with van der Waals surface area (Å²) < 4.78 is 12.4. The van der Waals surface area contributed by atoms with Gasteiger partial charge in [0.2, 0.25) is 5.91 Å². The van der Waals surface area contributed by atoms with Crippen molar-refractivity contribution in [2.45, 2.75) is 50.3 Å². The first-order valence-electron chi connectivity index (χ1n) is 6.43. The van der Waals surface area contributed by atoms with Crippen LogP contribution < -0.4 is 11.1 Å². The first kappa shape index (κ1) is 15.7. The van der Waals surface area contributed by atoms with E-state index in [-0.39, 0.29) is 11.9 Å². The third-order valence-corrected chi connectivity index (χ3v) is 4.85. The lowest BCUT2D eigenvalue weighted by Gasteiger charge is -2.17. The SMILES string of the molecule is CCC(C)NC(=O)C(C)S(=O)c1ccc(N)cc1C. The molecular formula is C14H22N2O2S. The normalized spacial score (nSPS) is 15.6. The number of nitrogens with one attached hydrogen (secondary N) is 1. The van der Waals surface area contributed by atoms with Crippen molar-refractivity contribution < 1.29 is 9.00 Å². The molecule has 3 unspecified atom stereocenters. The molecule has 19 heavy (non-hydrogen) atoms. The van der Waals surface area contributed by atoms with Gasteiger partial charge in [-0.3, -0.25) is 9.00 Å². The van der Waals surface area contributed by atoms with Crippen LogP contribution in [-0.4, -0.2) is 21.4 Å². The van der Waals surface area contributed by atoms with Crippen molar-refractivity contribution in [1.82, 2.24) is 5.32 Å². The molecule has 0 spiro atoms. The molecule has 0 fully saturated rings. The highest BCUT2D eigenvalue weighted by molar-refractivity contribution is 7.86. The number of hydrogen-bond acceptors (Lipinski definition) is 3. The molecule has 0 radical (unpaired) electrons. The molecule has 3 atom stereocenters. The molecule has 0 saturated heterocycles. The Kier molecular flexibility index (Phi) is 5.54. The van der Waals surface area contributed by atoms with Crippen LogP contribution in [0, 0.1) is 6.92 Å². The molecule has 0 aromatic heterocycles. The highest BCUT2D eigenvalue weighted by Gasteiger charge is 2.23. The highest BCUT2D eigenvalue weighted by Crippen LogP contribution is 2.19. The van der Waals surface area contributed by atoms with E-state index in [0.29, 0.717) is 10.6 Å². The van der Waals surface area contributed by atoms with Gasteiger partial charge in [0.25, 0.3) is 0 Å². The summed E-state index contributed by atoms with van der Waals surface area (Å²) in [4.78, 5) is 12.6. The Balaban J connectivity index is 2.84. The minimum atomic E-state index is -1.36. The number of hydrogen-bond donors (Lipinski definition) is 2. The van der Waals surface area contributed by atoms with Gasteiger partial charge >= 0.3 is 0 Å². The monoisotopic (exact) mass is 282 g/mol. The zero-order valence-electron chi connectivity index (χ0n) is 11.9. The quantitative estimate of drug-likeness (QED) is 0.811. The number of carbonyl (C=O) groups excluding carboxylic acids is 1. The van der Waals surface area contributed by atoms with Gasteiger partial charge in [0, 0.05) is 16.6 Å². The lowest BCUT2D eigenvalue weighted by molar-refractivity contribution is -0.120. The van der Waals surface area contributed by atoms with Crippen molar-refractivity contribution in [2.75, 3.05) is 5.73 Å². The van der Waals surface area contributed by atoms with Gasteiger partial charge in [-0.15, -0.1) is 0 Å². The van der Waals surface area contributed by atoms with Crippen molar-refractivity contribution >= 4 is 22.4 Å². The molecule has 0 aliphatic heterocycles. The summed E-state index contributed by atoms with van der Waals surface area (Å²) >= 11 is 0. The largest absolute Gasteiger partial charge is 0.399 e. The number of nitrogen functional groups attached to an aromatic ring is 1. The molecule has 4 nitrogen and oxygen atoms in total. The standard InChI is InChI=1S/C14H22N2O2S/c1-5-10(3)16-14(17)11(4)19(18)13-7-6-12(15)8-9(13)2/h6-8,10-11H,5,15H2,1-4H3,(H,16,17). The molecule has 1 amide bonds. The van der Waals surface area contributed by atoms with E-state index in [1.807, 2.05) is 20.8 Å². The summed E-state index contributed by atoms with van der Waals surface area (Å²) in [6.45, 7) is 7.46. The van der Waals surface area contributed by atoms with E-state index in [4.69, 9.17) is 5.73 Å². The van der Waals surface area contributed by atoms with E-state index in [1.165, 1.54) is 0 Å². The van der Waals surface area contributed by atoms with Gasteiger partial charge in [-0.25, -0.2) is 0 Å². The first-order valence-corrected chi connectivity index (χ1v) is 7.65. The van der Waals surface area contributed by atoms with Crippen LogP contribution in [0.1, 0.15) is 32.8 Å². The second kappa shape index (κ2) is 6.70. The maximum atomic E-state index is 12.4. The second-order valence-corrected chi connectivity index (χ2v) is 6.52. The van der Waals surface area contributed by atoms with E-state index >= 15 is 0 Å². The first-order chi connectivity index (χ1) is 8.86. The van der Waals surface area contributed by atoms with Gasteiger partial charge in [0.1, 0.15) is 5.25 Å². The second-order valence-electron chi connectivity index (χ2n) is 4.78. The average molecular weight is 282 g/mol. The predicted molar refractivity (Wildman–Crippen MR) is 79.4 cm³/mol. The van der Waals surface area contributed by atoms with Crippen molar-refractivity contribution in [3.05, 3.63) is 23.8 Å². The minimum Gasteiger partial charge on any atom is -0.399 e. The summed E-state index contributed by atoms with van der Waals surface area (Å²) in [6.07, 6.45) is 0.853. The molecule has 5 heteroatoms. The Labute approximate surface area is 117 Å². The van der Waals surface area contributed by atoms with Crippen molar-refractivity contribution in [1.29, 1.82) is 0 Å². The van der Waals surface area contributed by atoms with Crippen molar-refractivity contribution in [3.8, 4) is 0 Å². The Morgan fingerprint density at radius 2 is 2.05 bits per heavy atom. The smallest absolute Gasteiger partial charge is 0.236 e. The molecule has 1 aromatic carbocycles. The molecule has 0 bridgehead atoms. The summed E-state index contributed by atoms with van der Waals surface area (Å²) in [5, 5.41) is 2.28. The Bertz CT molecular complexity index is 488. The number of anilines is 1. The number of benzene rings is 1. The molecule has 0 heterocycles. The van der Waals surface area contributed by atoms with Crippen LogP contribution in [0.15, 0.2) is 23.1 Å². The molecule has 0 saturated carbocycles. The molecule has 0 aliphatic carbocycles. The zero-order chi connectivity index (χ0) is 14.6. The highest BCUT2D eigenvalue weighted by atomic mass is 32.2. The Morgan fingerprint density at radius 3 is 2.58 bits per heavy atom. The number of aryl methyl sites for hydroxylation is 1. The van der Waals surface area contributed by atoms with Crippen LogP contribution >= 0.6 is 0 Å². The number of nitrogens with two attached hydrogens (primary N) is 1. The number of amides is 1. The van der Waals surface area contributed by atoms with Crippen LogP contribution in [-0.2, 0) is 15.6 Å².